The summed E-state index contributed by atoms with van der Waals surface area (Å²) in [5.41, 5.74) is 3.35. The molecule has 120 valence electrons. The van der Waals surface area contributed by atoms with Crippen LogP contribution in [0.15, 0.2) is 11.1 Å². The second-order valence-electron chi connectivity index (χ2n) is 9.11. The van der Waals surface area contributed by atoms with E-state index in [4.69, 9.17) is 0 Å². The summed E-state index contributed by atoms with van der Waals surface area (Å²) in [6, 6.07) is 0. The van der Waals surface area contributed by atoms with Gasteiger partial charge in [0.05, 0.1) is 5.25 Å². The van der Waals surface area contributed by atoms with Crippen LogP contribution < -0.4 is 0 Å². The molecule has 0 N–H and O–H groups in total. The Labute approximate surface area is 137 Å². The lowest BCUT2D eigenvalue weighted by Crippen LogP contribution is -2.43. The average Bonchev–Trinajstić information content (AvgIpc) is 2.77. The smallest absolute Gasteiger partial charge is 0.103 e. The van der Waals surface area contributed by atoms with Crippen molar-refractivity contribution in [2.24, 2.45) is 10.8 Å². The van der Waals surface area contributed by atoms with Gasteiger partial charge in [0, 0.05) is 15.5 Å². The molecule has 0 aromatic rings. The molecule has 3 aliphatic rings. The lowest BCUT2D eigenvalue weighted by atomic mass is 9.70. The zero-order valence-electron chi connectivity index (χ0n) is 14.4. The Morgan fingerprint density at radius 2 is 1.48 bits per heavy atom. The van der Waals surface area contributed by atoms with E-state index in [0.29, 0.717) is 10.00 Å². The first kappa shape index (κ1) is 16.1. The molecule has 1 saturated heterocycles. The molecule has 2 aliphatic heterocycles. The van der Waals surface area contributed by atoms with Gasteiger partial charge in [-0.2, -0.15) is 0 Å². The maximum Gasteiger partial charge on any atom is 0.103 e. The summed E-state index contributed by atoms with van der Waals surface area (Å²) in [6.07, 6.45) is 6.58. The highest BCUT2D eigenvalue weighted by molar-refractivity contribution is 8.16. The standard InChI is InChI=1S/C18H30OS2/c1-16(2,3)12-13(17(4,5)6)15-20-18(14(12)21(15)19)10-8-7-9-11-18/h14-15H,7-11H2,1-6H3/t14-,15+,21?/m0/s1. The van der Waals surface area contributed by atoms with Crippen LogP contribution in [0.2, 0.25) is 0 Å². The van der Waals surface area contributed by atoms with Crippen LogP contribution in [-0.2, 0) is 10.8 Å². The molecule has 2 fully saturated rings. The zero-order valence-corrected chi connectivity index (χ0v) is 16.0. The largest absolute Gasteiger partial charge is 0.257 e. The van der Waals surface area contributed by atoms with Crippen molar-refractivity contribution < 1.29 is 4.21 Å². The van der Waals surface area contributed by atoms with Gasteiger partial charge in [0.15, 0.2) is 0 Å². The number of fused-ring (bicyclic) bond motifs is 3. The van der Waals surface area contributed by atoms with Crippen molar-refractivity contribution in [2.75, 3.05) is 0 Å². The van der Waals surface area contributed by atoms with Crippen molar-refractivity contribution in [3.8, 4) is 0 Å². The van der Waals surface area contributed by atoms with Gasteiger partial charge in [0.25, 0.3) is 0 Å². The van der Waals surface area contributed by atoms with Crippen molar-refractivity contribution >= 4 is 22.6 Å². The van der Waals surface area contributed by atoms with Gasteiger partial charge in [-0.1, -0.05) is 60.8 Å². The van der Waals surface area contributed by atoms with E-state index in [1.165, 1.54) is 37.7 Å². The first-order chi connectivity index (χ1) is 9.58. The van der Waals surface area contributed by atoms with Crippen LogP contribution in [0.1, 0.15) is 73.6 Å². The third-order valence-electron chi connectivity index (χ3n) is 5.37. The lowest BCUT2D eigenvalue weighted by Gasteiger charge is -2.45. The SMILES string of the molecule is CC(C)(C)C1=C(C(C)(C)C)[C@@H]2SC3(CCCCC3)[C@H]1S2=O. The Morgan fingerprint density at radius 1 is 0.952 bits per heavy atom. The molecule has 3 heteroatoms. The Bertz CT molecular complexity index is 498. The van der Waals surface area contributed by atoms with Gasteiger partial charge in [-0.3, -0.25) is 4.21 Å². The molecule has 3 rings (SSSR count). The second kappa shape index (κ2) is 4.87. The van der Waals surface area contributed by atoms with E-state index in [0.717, 1.165) is 0 Å². The van der Waals surface area contributed by atoms with Gasteiger partial charge in [0.1, 0.15) is 4.58 Å². The third-order valence-corrected chi connectivity index (χ3v) is 9.75. The first-order valence-electron chi connectivity index (χ1n) is 8.40. The van der Waals surface area contributed by atoms with Crippen molar-refractivity contribution in [3.05, 3.63) is 11.1 Å². The molecule has 1 spiro atoms. The summed E-state index contributed by atoms with van der Waals surface area (Å²) in [5.74, 6) is 0. The van der Waals surface area contributed by atoms with Crippen LogP contribution in [0.4, 0.5) is 0 Å². The highest BCUT2D eigenvalue weighted by Gasteiger charge is 2.63. The van der Waals surface area contributed by atoms with Gasteiger partial charge < -0.3 is 0 Å². The molecular formula is C18H30OS2. The fourth-order valence-corrected chi connectivity index (χ4v) is 10.4. The maximum absolute atomic E-state index is 13.2. The fourth-order valence-electron chi connectivity index (χ4n) is 4.57. The number of thioether (sulfide) groups is 1. The minimum atomic E-state index is -0.702. The molecule has 1 aliphatic carbocycles. The molecule has 21 heavy (non-hydrogen) atoms. The summed E-state index contributed by atoms with van der Waals surface area (Å²) in [7, 11) is -0.702. The van der Waals surface area contributed by atoms with Gasteiger partial charge in [-0.15, -0.1) is 11.8 Å². The van der Waals surface area contributed by atoms with E-state index < -0.39 is 10.8 Å². The molecule has 1 saturated carbocycles. The predicted octanol–water partition coefficient (Wildman–Crippen LogP) is 5.28. The van der Waals surface area contributed by atoms with E-state index in [1.807, 2.05) is 0 Å². The summed E-state index contributed by atoms with van der Waals surface area (Å²) in [4.78, 5) is 0. The molecule has 0 aromatic carbocycles. The quantitative estimate of drug-likeness (QED) is 0.563. The summed E-state index contributed by atoms with van der Waals surface area (Å²) >= 11 is 2.09. The van der Waals surface area contributed by atoms with E-state index >= 15 is 0 Å². The molecule has 0 amide bonds. The van der Waals surface area contributed by atoms with Crippen LogP contribution in [0.5, 0.6) is 0 Å². The Morgan fingerprint density at radius 3 is 1.95 bits per heavy atom. The van der Waals surface area contributed by atoms with Crippen molar-refractivity contribution in [2.45, 2.75) is 88.2 Å². The van der Waals surface area contributed by atoms with Crippen LogP contribution in [-0.4, -0.2) is 18.8 Å². The van der Waals surface area contributed by atoms with Crippen molar-refractivity contribution in [1.82, 2.24) is 0 Å². The first-order valence-corrected chi connectivity index (χ1v) is 10.6. The lowest BCUT2D eigenvalue weighted by molar-refractivity contribution is 0.360. The van der Waals surface area contributed by atoms with Crippen LogP contribution in [0, 0.1) is 10.8 Å². The molecule has 1 unspecified atom stereocenters. The Kier molecular flexibility index (Phi) is 3.73. The van der Waals surface area contributed by atoms with Crippen molar-refractivity contribution in [1.29, 1.82) is 0 Å². The van der Waals surface area contributed by atoms with Gasteiger partial charge in [0.2, 0.25) is 0 Å². The van der Waals surface area contributed by atoms with E-state index in [2.05, 4.69) is 53.3 Å². The summed E-state index contributed by atoms with van der Waals surface area (Å²) in [6.45, 7) is 13.9. The van der Waals surface area contributed by atoms with Crippen LogP contribution in [0.3, 0.4) is 0 Å². The molecule has 3 atom stereocenters. The highest BCUT2D eigenvalue weighted by atomic mass is 32.2. The maximum atomic E-state index is 13.2. The predicted molar refractivity (Wildman–Crippen MR) is 95.1 cm³/mol. The summed E-state index contributed by atoms with van der Waals surface area (Å²) < 4.78 is 13.8. The summed E-state index contributed by atoms with van der Waals surface area (Å²) in [5, 5.41) is 0.321. The minimum absolute atomic E-state index is 0.140. The number of hydrogen-bond donors (Lipinski definition) is 0. The third kappa shape index (κ3) is 2.38. The molecule has 0 radical (unpaired) electrons. The Balaban J connectivity index is 2.14. The number of rotatable bonds is 0. The van der Waals surface area contributed by atoms with E-state index in [9.17, 15) is 4.21 Å². The molecule has 2 heterocycles. The van der Waals surface area contributed by atoms with Gasteiger partial charge in [-0.05, 0) is 34.8 Å². The van der Waals surface area contributed by atoms with Crippen LogP contribution in [0.25, 0.3) is 0 Å². The average molecular weight is 327 g/mol. The normalized spacial score (nSPS) is 35.8. The van der Waals surface area contributed by atoms with Gasteiger partial charge in [-0.25, -0.2) is 0 Å². The minimum Gasteiger partial charge on any atom is -0.257 e. The molecule has 1 nitrogen and oxygen atoms in total. The topological polar surface area (TPSA) is 17.1 Å². The molecule has 0 aromatic heterocycles. The van der Waals surface area contributed by atoms with Gasteiger partial charge >= 0.3 is 0 Å². The second-order valence-corrected chi connectivity index (χ2v) is 12.5. The van der Waals surface area contributed by atoms with Crippen LogP contribution >= 0.6 is 11.8 Å². The monoisotopic (exact) mass is 326 g/mol. The van der Waals surface area contributed by atoms with Crippen molar-refractivity contribution in [3.63, 3.8) is 0 Å². The number of hydrogen-bond acceptors (Lipinski definition) is 2. The molecular weight excluding hydrogens is 296 g/mol. The fraction of sp³-hybridized carbons (Fsp3) is 0.889. The zero-order chi connectivity index (χ0) is 15.6. The van der Waals surface area contributed by atoms with E-state index in [-0.39, 0.29) is 15.4 Å². The molecule has 2 bridgehead atoms. The van der Waals surface area contributed by atoms with E-state index in [1.54, 1.807) is 5.57 Å². The highest BCUT2D eigenvalue weighted by Crippen LogP contribution is 2.65. The Hall–Kier alpha value is 0.240.